The third-order valence-electron chi connectivity index (χ3n) is 1.37. The molecule has 0 bridgehead atoms. The molecule has 0 N–H and O–H groups in total. The minimum Gasteiger partial charge on any atom is -0.492 e. The first-order valence-electron chi connectivity index (χ1n) is 4.35. The first kappa shape index (κ1) is 12.4. The molecule has 74 valence electrons. The van der Waals surface area contributed by atoms with Crippen LogP contribution in [0.2, 0.25) is 0 Å². The number of allylic oxidation sites excluding steroid dienone is 3. The third kappa shape index (κ3) is 5.64. The summed E-state index contributed by atoms with van der Waals surface area (Å²) in [5.41, 5.74) is 0. The van der Waals surface area contributed by atoms with E-state index in [9.17, 15) is 4.79 Å². The van der Waals surface area contributed by atoms with Gasteiger partial charge in [0.1, 0.15) is 12.0 Å². The molecule has 0 atom stereocenters. The molecule has 0 radical (unpaired) electrons. The Morgan fingerprint density at radius 2 is 2.23 bits per heavy atom. The molecule has 0 amide bonds. The summed E-state index contributed by atoms with van der Waals surface area (Å²) in [6.07, 6.45) is 6.14. The van der Waals surface area contributed by atoms with Crippen molar-refractivity contribution in [2.24, 2.45) is 0 Å². The van der Waals surface area contributed by atoms with Gasteiger partial charge in [-0.1, -0.05) is 13.0 Å². The summed E-state index contributed by atoms with van der Waals surface area (Å²) >= 11 is 3.40. The number of halogens is 1. The molecular formula is C10H15BrO2. The summed E-state index contributed by atoms with van der Waals surface area (Å²) in [5.74, 6) is 0.795. The van der Waals surface area contributed by atoms with Gasteiger partial charge in [-0.05, 0) is 35.4 Å². The monoisotopic (exact) mass is 246 g/mol. The van der Waals surface area contributed by atoms with Gasteiger partial charge in [0.15, 0.2) is 0 Å². The molecule has 0 rings (SSSR count). The van der Waals surface area contributed by atoms with E-state index in [0.717, 1.165) is 22.9 Å². The lowest BCUT2D eigenvalue weighted by Crippen LogP contribution is -1.95. The lowest BCUT2D eigenvalue weighted by Gasteiger charge is -2.07. The van der Waals surface area contributed by atoms with E-state index >= 15 is 0 Å². The van der Waals surface area contributed by atoms with Gasteiger partial charge in [-0.25, -0.2) is 0 Å². The number of rotatable bonds is 6. The van der Waals surface area contributed by atoms with Crippen molar-refractivity contribution < 1.29 is 9.53 Å². The Labute approximate surface area is 87.8 Å². The van der Waals surface area contributed by atoms with E-state index in [1.54, 1.807) is 0 Å². The van der Waals surface area contributed by atoms with Crippen molar-refractivity contribution in [3.05, 3.63) is 22.4 Å². The average molecular weight is 247 g/mol. The van der Waals surface area contributed by atoms with Crippen LogP contribution in [-0.2, 0) is 9.53 Å². The summed E-state index contributed by atoms with van der Waals surface area (Å²) in [4.78, 5) is 10.0. The predicted octanol–water partition coefficient (Wildman–Crippen LogP) is 3.18. The molecule has 0 aliphatic rings. The van der Waals surface area contributed by atoms with Crippen molar-refractivity contribution in [2.75, 3.05) is 6.61 Å². The first-order chi connectivity index (χ1) is 6.26. The van der Waals surface area contributed by atoms with Gasteiger partial charge in [0.25, 0.3) is 0 Å². The van der Waals surface area contributed by atoms with Crippen LogP contribution in [0.1, 0.15) is 26.7 Å². The maximum absolute atomic E-state index is 10.0. The van der Waals surface area contributed by atoms with Gasteiger partial charge in [-0.3, -0.25) is 0 Å². The van der Waals surface area contributed by atoms with Crippen LogP contribution in [0.4, 0.5) is 0 Å². The Kier molecular flexibility index (Phi) is 7.69. The summed E-state index contributed by atoms with van der Waals surface area (Å²) < 4.78 is 6.31. The van der Waals surface area contributed by atoms with Gasteiger partial charge in [0.05, 0.1) is 11.1 Å². The lowest BCUT2D eigenvalue weighted by molar-refractivity contribution is -0.108. The quantitative estimate of drug-likeness (QED) is 0.312. The fourth-order valence-electron chi connectivity index (χ4n) is 0.787. The zero-order valence-corrected chi connectivity index (χ0v) is 9.63. The van der Waals surface area contributed by atoms with E-state index in [1.807, 2.05) is 19.1 Å². The predicted molar refractivity (Wildman–Crippen MR) is 57.7 cm³/mol. The second kappa shape index (κ2) is 8.05. The maximum atomic E-state index is 10.0. The van der Waals surface area contributed by atoms with E-state index in [1.165, 1.54) is 0 Å². The Morgan fingerprint density at radius 1 is 1.54 bits per heavy atom. The van der Waals surface area contributed by atoms with E-state index in [2.05, 4.69) is 22.9 Å². The minimum absolute atomic E-state index is 0.434. The van der Waals surface area contributed by atoms with E-state index in [4.69, 9.17) is 4.74 Å². The van der Waals surface area contributed by atoms with Crippen LogP contribution in [-0.4, -0.2) is 12.9 Å². The Bertz CT molecular complexity index is 207. The summed E-state index contributed by atoms with van der Waals surface area (Å²) in [7, 11) is 0. The zero-order chi connectivity index (χ0) is 10.1. The van der Waals surface area contributed by atoms with Crippen molar-refractivity contribution in [3.8, 4) is 0 Å². The number of hydrogen-bond acceptors (Lipinski definition) is 2. The van der Waals surface area contributed by atoms with Gasteiger partial charge >= 0.3 is 0 Å². The van der Waals surface area contributed by atoms with Crippen molar-refractivity contribution in [1.82, 2.24) is 0 Å². The van der Waals surface area contributed by atoms with Crippen LogP contribution in [0.15, 0.2) is 22.4 Å². The second-order valence-corrected chi connectivity index (χ2v) is 3.27. The van der Waals surface area contributed by atoms with Gasteiger partial charge in [0.2, 0.25) is 0 Å². The normalized spacial score (nSPS) is 12.8. The highest BCUT2D eigenvalue weighted by Gasteiger charge is 2.00. The molecule has 3 heteroatoms. The van der Waals surface area contributed by atoms with E-state index in [-0.39, 0.29) is 0 Å². The molecule has 0 heterocycles. The zero-order valence-electron chi connectivity index (χ0n) is 8.05. The van der Waals surface area contributed by atoms with Crippen molar-refractivity contribution in [3.63, 3.8) is 0 Å². The van der Waals surface area contributed by atoms with Crippen LogP contribution >= 0.6 is 15.9 Å². The van der Waals surface area contributed by atoms with Crippen molar-refractivity contribution >= 4 is 22.2 Å². The highest BCUT2D eigenvalue weighted by atomic mass is 79.9. The van der Waals surface area contributed by atoms with Crippen molar-refractivity contribution in [1.29, 1.82) is 0 Å². The van der Waals surface area contributed by atoms with Crippen LogP contribution in [0.25, 0.3) is 0 Å². The fraction of sp³-hybridized carbons (Fsp3) is 0.500. The molecule has 0 fully saturated rings. The molecule has 0 aliphatic carbocycles. The number of carbonyl (C=O) groups excluding carboxylic acids is 1. The molecule has 0 spiro atoms. The number of hydrogen-bond donors (Lipinski definition) is 0. The minimum atomic E-state index is 0.434. The summed E-state index contributed by atoms with van der Waals surface area (Å²) in [5, 5.41) is 0. The topological polar surface area (TPSA) is 26.3 Å². The van der Waals surface area contributed by atoms with Crippen LogP contribution < -0.4 is 0 Å². The van der Waals surface area contributed by atoms with Crippen LogP contribution in [0, 0.1) is 0 Å². The van der Waals surface area contributed by atoms with Gasteiger partial charge in [0, 0.05) is 6.42 Å². The molecule has 0 saturated carbocycles. The third-order valence-corrected chi connectivity index (χ3v) is 2.09. The Hall–Kier alpha value is -0.570. The smallest absolute Gasteiger partial charge is 0.128 e. The molecule has 0 aromatic carbocycles. The van der Waals surface area contributed by atoms with Gasteiger partial charge in [-0.2, -0.15) is 0 Å². The first-order valence-corrected chi connectivity index (χ1v) is 5.14. The molecule has 2 nitrogen and oxygen atoms in total. The Morgan fingerprint density at radius 3 is 2.69 bits per heavy atom. The van der Waals surface area contributed by atoms with Crippen molar-refractivity contribution in [2.45, 2.75) is 26.7 Å². The molecule has 13 heavy (non-hydrogen) atoms. The van der Waals surface area contributed by atoms with Gasteiger partial charge < -0.3 is 9.53 Å². The number of ether oxygens (including phenoxy) is 1. The van der Waals surface area contributed by atoms with Crippen LogP contribution in [0.3, 0.4) is 0 Å². The highest BCUT2D eigenvalue weighted by Crippen LogP contribution is 2.18. The SMILES string of the molecule is C/C=C(OCCC=O)\C(Br)=C/CC. The largest absolute Gasteiger partial charge is 0.492 e. The Balaban J connectivity index is 4.04. The molecule has 0 aromatic heterocycles. The number of aldehydes is 1. The molecule has 0 aromatic rings. The summed E-state index contributed by atoms with van der Waals surface area (Å²) in [6.45, 7) is 4.40. The lowest BCUT2D eigenvalue weighted by atomic mass is 10.3. The summed E-state index contributed by atoms with van der Waals surface area (Å²) in [6, 6.07) is 0. The second-order valence-electron chi connectivity index (χ2n) is 2.42. The maximum Gasteiger partial charge on any atom is 0.128 e. The molecule has 0 saturated heterocycles. The molecular weight excluding hydrogens is 232 g/mol. The van der Waals surface area contributed by atoms with Gasteiger partial charge in [-0.15, -0.1) is 0 Å². The molecule has 0 aliphatic heterocycles. The molecule has 0 unspecified atom stereocenters. The fourth-order valence-corrected chi connectivity index (χ4v) is 1.45. The average Bonchev–Trinajstić information content (AvgIpc) is 2.13. The standard InChI is InChI=1S/C10H15BrO2/c1-3-6-9(11)10(4-2)13-8-5-7-12/h4,6-7H,3,5,8H2,1-2H3/b9-6+,10-4+. The van der Waals surface area contributed by atoms with Crippen LogP contribution in [0.5, 0.6) is 0 Å². The highest BCUT2D eigenvalue weighted by molar-refractivity contribution is 9.11. The van der Waals surface area contributed by atoms with E-state index < -0.39 is 0 Å². The van der Waals surface area contributed by atoms with E-state index in [0.29, 0.717) is 13.0 Å². The number of carbonyl (C=O) groups is 1.